The predicted octanol–water partition coefficient (Wildman–Crippen LogP) is 3.52. The zero-order chi connectivity index (χ0) is 16.4. The third-order valence-corrected chi connectivity index (χ3v) is 5.09. The number of nitrogens with zero attached hydrogens (tertiary/aromatic N) is 1. The Kier molecular flexibility index (Phi) is 4.71. The summed E-state index contributed by atoms with van der Waals surface area (Å²) in [6, 6.07) is 3.40. The van der Waals surface area contributed by atoms with Gasteiger partial charge in [-0.2, -0.15) is 0 Å². The minimum atomic E-state index is -2.61. The number of alkyl halides is 2. The topological polar surface area (TPSA) is 53.7 Å². The number of likely N-dealkylation sites (tertiary alicyclic amines) is 1. The summed E-state index contributed by atoms with van der Waals surface area (Å²) in [5, 5.41) is 10.2. The molecule has 2 heterocycles. The number of furan rings is 1. The number of aliphatic hydroxyl groups is 1. The standard InChI is InChI=1S/C17H23F2NO3/c18-17(19)7-5-12(6-8-17)16(22)20-9-1-3-13(20)11-14(21)15-4-2-10-23-15/h2,4,10,12-14,21H,1,3,5-9,11H2. The number of aliphatic hydroxyl groups excluding tert-OH is 1. The van der Waals surface area contributed by atoms with Crippen molar-refractivity contribution in [2.45, 2.75) is 63.0 Å². The maximum Gasteiger partial charge on any atom is 0.248 e. The van der Waals surface area contributed by atoms with Crippen LogP contribution in [0.3, 0.4) is 0 Å². The Morgan fingerprint density at radius 1 is 1.39 bits per heavy atom. The molecule has 0 aromatic carbocycles. The highest BCUT2D eigenvalue weighted by Gasteiger charge is 2.41. The van der Waals surface area contributed by atoms with Gasteiger partial charge in [0.25, 0.3) is 0 Å². The molecule has 0 bridgehead atoms. The number of hydrogen-bond donors (Lipinski definition) is 1. The summed E-state index contributed by atoms with van der Waals surface area (Å²) in [7, 11) is 0. The highest BCUT2D eigenvalue weighted by molar-refractivity contribution is 5.79. The Morgan fingerprint density at radius 2 is 2.13 bits per heavy atom. The first-order valence-corrected chi connectivity index (χ1v) is 8.36. The minimum absolute atomic E-state index is 0.0188. The minimum Gasteiger partial charge on any atom is -0.467 e. The SMILES string of the molecule is O=C(C1CCC(F)(F)CC1)N1CCCC1CC(O)c1ccco1. The van der Waals surface area contributed by atoms with Gasteiger partial charge in [0, 0.05) is 37.8 Å². The molecule has 2 unspecified atom stereocenters. The van der Waals surface area contributed by atoms with E-state index in [1.807, 2.05) is 0 Å². The molecule has 2 atom stereocenters. The summed E-state index contributed by atoms with van der Waals surface area (Å²) in [6.45, 7) is 0.654. The average molecular weight is 327 g/mol. The van der Waals surface area contributed by atoms with Crippen molar-refractivity contribution in [3.63, 3.8) is 0 Å². The van der Waals surface area contributed by atoms with Gasteiger partial charge in [-0.1, -0.05) is 0 Å². The molecule has 1 amide bonds. The van der Waals surface area contributed by atoms with Crippen molar-refractivity contribution in [3.8, 4) is 0 Å². The molecule has 1 aromatic heterocycles. The normalized spacial score (nSPS) is 26.4. The van der Waals surface area contributed by atoms with Gasteiger partial charge in [-0.05, 0) is 37.8 Å². The highest BCUT2D eigenvalue weighted by Crippen LogP contribution is 2.38. The lowest BCUT2D eigenvalue weighted by atomic mass is 9.85. The number of carbonyl (C=O) groups is 1. The Labute approximate surface area is 134 Å². The Morgan fingerprint density at radius 3 is 2.78 bits per heavy atom. The molecule has 4 nitrogen and oxygen atoms in total. The summed E-state index contributed by atoms with van der Waals surface area (Å²) in [5.41, 5.74) is 0. The Balaban J connectivity index is 1.59. The van der Waals surface area contributed by atoms with Gasteiger partial charge in [-0.25, -0.2) is 8.78 Å². The van der Waals surface area contributed by atoms with Crippen LogP contribution in [0.25, 0.3) is 0 Å². The Hall–Kier alpha value is -1.43. The number of rotatable bonds is 4. The van der Waals surface area contributed by atoms with Crippen LogP contribution < -0.4 is 0 Å². The molecule has 23 heavy (non-hydrogen) atoms. The number of amides is 1. The summed E-state index contributed by atoms with van der Waals surface area (Å²) < 4.78 is 31.7. The van der Waals surface area contributed by atoms with Gasteiger partial charge in [0.05, 0.1) is 6.26 Å². The van der Waals surface area contributed by atoms with Crippen molar-refractivity contribution in [1.29, 1.82) is 0 Å². The van der Waals surface area contributed by atoms with Gasteiger partial charge in [-0.15, -0.1) is 0 Å². The lowest BCUT2D eigenvalue weighted by Crippen LogP contribution is -2.42. The second-order valence-corrected chi connectivity index (χ2v) is 6.72. The van der Waals surface area contributed by atoms with Crippen LogP contribution in [0.15, 0.2) is 22.8 Å². The fourth-order valence-corrected chi connectivity index (χ4v) is 3.75. The fraction of sp³-hybridized carbons (Fsp3) is 0.706. The second-order valence-electron chi connectivity index (χ2n) is 6.72. The summed E-state index contributed by atoms with van der Waals surface area (Å²) in [6.07, 6.45) is 3.07. The van der Waals surface area contributed by atoms with E-state index in [9.17, 15) is 18.7 Å². The van der Waals surface area contributed by atoms with Crippen LogP contribution in [-0.4, -0.2) is 34.4 Å². The number of halogens is 2. The average Bonchev–Trinajstić information content (AvgIpc) is 3.18. The molecular formula is C17H23F2NO3. The van der Waals surface area contributed by atoms with E-state index in [1.54, 1.807) is 17.0 Å². The zero-order valence-electron chi connectivity index (χ0n) is 13.1. The smallest absolute Gasteiger partial charge is 0.248 e. The van der Waals surface area contributed by atoms with E-state index in [2.05, 4.69) is 0 Å². The third kappa shape index (κ3) is 3.74. The quantitative estimate of drug-likeness (QED) is 0.920. The van der Waals surface area contributed by atoms with Crippen molar-refractivity contribution in [2.75, 3.05) is 6.54 Å². The third-order valence-electron chi connectivity index (χ3n) is 5.09. The molecule has 3 rings (SSSR count). The molecule has 1 aromatic rings. The summed E-state index contributed by atoms with van der Waals surface area (Å²) >= 11 is 0. The highest BCUT2D eigenvalue weighted by atomic mass is 19.3. The van der Waals surface area contributed by atoms with Gasteiger partial charge >= 0.3 is 0 Å². The van der Waals surface area contributed by atoms with E-state index < -0.39 is 12.0 Å². The van der Waals surface area contributed by atoms with Crippen LogP contribution in [0.2, 0.25) is 0 Å². The molecule has 2 aliphatic rings. The van der Waals surface area contributed by atoms with Crippen LogP contribution in [0, 0.1) is 5.92 Å². The van der Waals surface area contributed by atoms with Crippen LogP contribution in [0.1, 0.15) is 56.8 Å². The van der Waals surface area contributed by atoms with Crippen molar-refractivity contribution >= 4 is 5.91 Å². The van der Waals surface area contributed by atoms with Crippen LogP contribution >= 0.6 is 0 Å². The Bertz CT molecular complexity index is 522. The number of carbonyl (C=O) groups excluding carboxylic acids is 1. The van der Waals surface area contributed by atoms with E-state index in [1.165, 1.54) is 6.26 Å². The molecule has 1 saturated carbocycles. The molecule has 128 valence electrons. The molecule has 6 heteroatoms. The van der Waals surface area contributed by atoms with Gasteiger partial charge in [-0.3, -0.25) is 4.79 Å². The van der Waals surface area contributed by atoms with Gasteiger partial charge < -0.3 is 14.4 Å². The molecule has 1 saturated heterocycles. The van der Waals surface area contributed by atoms with E-state index >= 15 is 0 Å². The molecule has 1 N–H and O–H groups in total. The molecule has 0 spiro atoms. The summed E-state index contributed by atoms with van der Waals surface area (Å²) in [4.78, 5) is 14.5. The van der Waals surface area contributed by atoms with Crippen LogP contribution in [0.4, 0.5) is 8.78 Å². The predicted molar refractivity (Wildman–Crippen MR) is 79.9 cm³/mol. The molecular weight excluding hydrogens is 304 g/mol. The second kappa shape index (κ2) is 6.59. The van der Waals surface area contributed by atoms with Gasteiger partial charge in [0.2, 0.25) is 11.8 Å². The largest absolute Gasteiger partial charge is 0.467 e. The summed E-state index contributed by atoms with van der Waals surface area (Å²) in [5.74, 6) is -2.43. The van der Waals surface area contributed by atoms with Crippen molar-refractivity contribution < 1.29 is 23.1 Å². The first kappa shape index (κ1) is 16.4. The fourth-order valence-electron chi connectivity index (χ4n) is 3.75. The van der Waals surface area contributed by atoms with Crippen molar-refractivity contribution in [3.05, 3.63) is 24.2 Å². The molecule has 0 radical (unpaired) electrons. The maximum absolute atomic E-state index is 13.3. The maximum atomic E-state index is 13.3. The molecule has 1 aliphatic carbocycles. The number of hydrogen-bond acceptors (Lipinski definition) is 3. The van der Waals surface area contributed by atoms with E-state index in [0.29, 0.717) is 18.7 Å². The molecule has 1 aliphatic heterocycles. The van der Waals surface area contributed by atoms with Crippen LogP contribution in [0.5, 0.6) is 0 Å². The monoisotopic (exact) mass is 327 g/mol. The van der Waals surface area contributed by atoms with Crippen LogP contribution in [-0.2, 0) is 4.79 Å². The molecule has 2 fully saturated rings. The van der Waals surface area contributed by atoms with Crippen molar-refractivity contribution in [2.24, 2.45) is 5.92 Å². The van der Waals surface area contributed by atoms with Gasteiger partial charge in [0.1, 0.15) is 11.9 Å². The van der Waals surface area contributed by atoms with Crippen molar-refractivity contribution in [1.82, 2.24) is 4.90 Å². The van der Waals surface area contributed by atoms with E-state index in [4.69, 9.17) is 4.42 Å². The first-order valence-electron chi connectivity index (χ1n) is 8.36. The lowest BCUT2D eigenvalue weighted by molar-refractivity contribution is -0.141. The lowest BCUT2D eigenvalue weighted by Gasteiger charge is -2.33. The van der Waals surface area contributed by atoms with E-state index in [-0.39, 0.29) is 43.6 Å². The zero-order valence-corrected chi connectivity index (χ0v) is 13.1. The van der Waals surface area contributed by atoms with E-state index in [0.717, 1.165) is 12.8 Å². The van der Waals surface area contributed by atoms with Gasteiger partial charge in [0.15, 0.2) is 0 Å². The first-order chi connectivity index (χ1) is 11.0.